The van der Waals surface area contributed by atoms with Gasteiger partial charge >= 0.3 is 0 Å². The lowest BCUT2D eigenvalue weighted by atomic mass is 9.90. The van der Waals surface area contributed by atoms with Crippen LogP contribution in [0.15, 0.2) is 6.07 Å². The van der Waals surface area contributed by atoms with E-state index in [1.165, 1.54) is 0 Å². The van der Waals surface area contributed by atoms with Crippen molar-refractivity contribution in [2.75, 3.05) is 13.1 Å². The van der Waals surface area contributed by atoms with E-state index in [1.807, 2.05) is 22.7 Å². The average Bonchev–Trinajstić information content (AvgIpc) is 2.80. The third-order valence-electron chi connectivity index (χ3n) is 4.34. The molecule has 20 heavy (non-hydrogen) atoms. The number of nitrogens with zero attached hydrogens (tertiary/aromatic N) is 3. The molecule has 1 aliphatic rings. The van der Waals surface area contributed by atoms with Crippen molar-refractivity contribution in [3.8, 4) is 0 Å². The van der Waals surface area contributed by atoms with E-state index in [1.54, 1.807) is 0 Å². The van der Waals surface area contributed by atoms with Crippen molar-refractivity contribution in [3.05, 3.63) is 17.5 Å². The molecule has 1 aliphatic heterocycles. The monoisotopic (exact) mass is 278 g/mol. The summed E-state index contributed by atoms with van der Waals surface area (Å²) in [6.45, 7) is 7.71. The zero-order valence-corrected chi connectivity index (χ0v) is 13.0. The summed E-state index contributed by atoms with van der Waals surface area (Å²) < 4.78 is 1.81. The molecule has 1 aromatic rings. The highest BCUT2D eigenvalue weighted by molar-refractivity contribution is 5.92. The Bertz CT molecular complexity index is 480. The van der Waals surface area contributed by atoms with Crippen LogP contribution in [0.25, 0.3) is 0 Å². The summed E-state index contributed by atoms with van der Waals surface area (Å²) in [4.78, 5) is 14.6. The number of likely N-dealkylation sites (tertiary alicyclic amines) is 1. The van der Waals surface area contributed by atoms with E-state index in [-0.39, 0.29) is 11.9 Å². The normalized spacial score (nSPS) is 23.4. The largest absolute Gasteiger partial charge is 0.333 e. The molecule has 0 radical (unpaired) electrons. The van der Waals surface area contributed by atoms with Gasteiger partial charge in [-0.1, -0.05) is 20.8 Å². The quantitative estimate of drug-likeness (QED) is 0.916. The SMILES string of the molecule is CC(C)c1cc(C(=O)N2CCC[C@H](C)[C@H]2CN)nn1C. The maximum atomic E-state index is 12.7. The molecule has 1 aromatic heterocycles. The summed E-state index contributed by atoms with van der Waals surface area (Å²) in [6.07, 6.45) is 2.19. The van der Waals surface area contributed by atoms with Gasteiger partial charge in [0.1, 0.15) is 0 Å². The van der Waals surface area contributed by atoms with Gasteiger partial charge < -0.3 is 10.6 Å². The Morgan fingerprint density at radius 2 is 2.25 bits per heavy atom. The number of piperidine rings is 1. The van der Waals surface area contributed by atoms with Crippen LogP contribution in [0.5, 0.6) is 0 Å². The molecule has 2 N–H and O–H groups in total. The maximum Gasteiger partial charge on any atom is 0.274 e. The fourth-order valence-electron chi connectivity index (χ4n) is 3.13. The van der Waals surface area contributed by atoms with Gasteiger partial charge in [0, 0.05) is 31.9 Å². The van der Waals surface area contributed by atoms with Crippen LogP contribution in [-0.2, 0) is 7.05 Å². The number of carbonyl (C=O) groups is 1. The maximum absolute atomic E-state index is 12.7. The average molecular weight is 278 g/mol. The summed E-state index contributed by atoms with van der Waals surface area (Å²) in [5, 5.41) is 4.39. The molecule has 1 saturated heterocycles. The first-order chi connectivity index (χ1) is 9.45. The molecule has 0 spiro atoms. The van der Waals surface area contributed by atoms with Crippen molar-refractivity contribution in [1.82, 2.24) is 14.7 Å². The molecule has 0 aliphatic carbocycles. The van der Waals surface area contributed by atoms with E-state index in [9.17, 15) is 4.79 Å². The summed E-state index contributed by atoms with van der Waals surface area (Å²) in [5.41, 5.74) is 7.49. The number of nitrogens with two attached hydrogens (primary N) is 1. The molecule has 0 unspecified atom stereocenters. The molecule has 2 heterocycles. The van der Waals surface area contributed by atoms with Crippen molar-refractivity contribution in [2.45, 2.75) is 45.6 Å². The Morgan fingerprint density at radius 3 is 2.80 bits per heavy atom. The van der Waals surface area contributed by atoms with E-state index >= 15 is 0 Å². The summed E-state index contributed by atoms with van der Waals surface area (Å²) in [6, 6.07) is 2.06. The second-order valence-corrected chi connectivity index (χ2v) is 6.15. The molecular weight excluding hydrogens is 252 g/mol. The number of carbonyl (C=O) groups excluding carboxylic acids is 1. The van der Waals surface area contributed by atoms with Crippen LogP contribution in [0.2, 0.25) is 0 Å². The number of amides is 1. The van der Waals surface area contributed by atoms with Crippen molar-refractivity contribution in [1.29, 1.82) is 0 Å². The van der Waals surface area contributed by atoms with Gasteiger partial charge in [-0.15, -0.1) is 0 Å². The molecule has 0 aromatic carbocycles. The highest BCUT2D eigenvalue weighted by Gasteiger charge is 2.32. The van der Waals surface area contributed by atoms with Crippen LogP contribution in [0.1, 0.15) is 55.7 Å². The summed E-state index contributed by atoms with van der Waals surface area (Å²) in [5.74, 6) is 0.847. The molecule has 112 valence electrons. The molecule has 2 rings (SSSR count). The Balaban J connectivity index is 2.23. The number of aryl methyl sites for hydroxylation is 1. The lowest BCUT2D eigenvalue weighted by Crippen LogP contribution is -2.51. The molecule has 1 fully saturated rings. The van der Waals surface area contributed by atoms with Crippen LogP contribution >= 0.6 is 0 Å². The Labute approximate surface area is 121 Å². The molecule has 2 atom stereocenters. The molecule has 0 saturated carbocycles. The van der Waals surface area contributed by atoms with E-state index in [4.69, 9.17) is 5.73 Å². The highest BCUT2D eigenvalue weighted by atomic mass is 16.2. The topological polar surface area (TPSA) is 64.2 Å². The lowest BCUT2D eigenvalue weighted by Gasteiger charge is -2.39. The second-order valence-electron chi connectivity index (χ2n) is 6.15. The minimum atomic E-state index is 0.0227. The van der Waals surface area contributed by atoms with Crippen molar-refractivity contribution in [3.63, 3.8) is 0 Å². The van der Waals surface area contributed by atoms with Gasteiger partial charge in [0.25, 0.3) is 5.91 Å². The predicted molar refractivity (Wildman–Crippen MR) is 79.6 cm³/mol. The van der Waals surface area contributed by atoms with E-state index in [0.29, 0.717) is 24.1 Å². The first-order valence-corrected chi connectivity index (χ1v) is 7.50. The van der Waals surface area contributed by atoms with Gasteiger partial charge in [0.2, 0.25) is 0 Å². The van der Waals surface area contributed by atoms with Crippen molar-refractivity contribution < 1.29 is 4.79 Å². The van der Waals surface area contributed by atoms with Gasteiger partial charge in [0.05, 0.1) is 0 Å². The van der Waals surface area contributed by atoms with Crippen LogP contribution in [0.3, 0.4) is 0 Å². The van der Waals surface area contributed by atoms with Gasteiger partial charge in [-0.25, -0.2) is 0 Å². The Morgan fingerprint density at radius 1 is 1.55 bits per heavy atom. The zero-order chi connectivity index (χ0) is 14.9. The third kappa shape index (κ3) is 2.73. The fraction of sp³-hybridized carbons (Fsp3) is 0.733. The Hall–Kier alpha value is -1.36. The van der Waals surface area contributed by atoms with Gasteiger partial charge in [-0.3, -0.25) is 9.48 Å². The molecule has 5 nitrogen and oxygen atoms in total. The predicted octanol–water partition coefficient (Wildman–Crippen LogP) is 1.74. The van der Waals surface area contributed by atoms with Gasteiger partial charge in [-0.05, 0) is 30.7 Å². The highest BCUT2D eigenvalue weighted by Crippen LogP contribution is 2.25. The molecule has 0 bridgehead atoms. The van der Waals surface area contributed by atoms with Crippen LogP contribution < -0.4 is 5.73 Å². The van der Waals surface area contributed by atoms with Gasteiger partial charge in [0.15, 0.2) is 5.69 Å². The van der Waals surface area contributed by atoms with Crippen molar-refractivity contribution >= 4 is 5.91 Å². The minimum absolute atomic E-state index is 0.0227. The summed E-state index contributed by atoms with van der Waals surface area (Å²) >= 11 is 0. The van der Waals surface area contributed by atoms with E-state index < -0.39 is 0 Å². The number of aromatic nitrogens is 2. The lowest BCUT2D eigenvalue weighted by molar-refractivity contribution is 0.0526. The second kappa shape index (κ2) is 5.95. The number of rotatable bonds is 3. The standard InChI is InChI=1S/C15H26N4O/c1-10(2)13-8-12(17-18(13)4)15(20)19-7-5-6-11(3)14(19)9-16/h8,10-11,14H,5-7,9,16H2,1-4H3/t11-,14+/m0/s1. The molecule has 5 heteroatoms. The first kappa shape index (κ1) is 15.0. The van der Waals surface area contributed by atoms with E-state index in [2.05, 4.69) is 25.9 Å². The first-order valence-electron chi connectivity index (χ1n) is 7.50. The van der Waals surface area contributed by atoms with Crippen LogP contribution in [0, 0.1) is 5.92 Å². The van der Waals surface area contributed by atoms with Crippen molar-refractivity contribution in [2.24, 2.45) is 18.7 Å². The Kier molecular flexibility index (Phi) is 4.48. The van der Waals surface area contributed by atoms with Gasteiger partial charge in [-0.2, -0.15) is 5.10 Å². The minimum Gasteiger partial charge on any atom is -0.333 e. The smallest absolute Gasteiger partial charge is 0.274 e. The molecular formula is C15H26N4O. The number of hydrogen-bond donors (Lipinski definition) is 1. The van der Waals surface area contributed by atoms with E-state index in [0.717, 1.165) is 25.1 Å². The molecule has 1 amide bonds. The fourth-order valence-corrected chi connectivity index (χ4v) is 3.13. The third-order valence-corrected chi connectivity index (χ3v) is 4.34. The van der Waals surface area contributed by atoms with Crippen LogP contribution in [0.4, 0.5) is 0 Å². The van der Waals surface area contributed by atoms with Crippen LogP contribution in [-0.4, -0.2) is 39.7 Å². The zero-order valence-electron chi connectivity index (χ0n) is 13.0. The number of hydrogen-bond acceptors (Lipinski definition) is 3. The summed E-state index contributed by atoms with van der Waals surface area (Å²) in [7, 11) is 1.89.